The third-order valence-corrected chi connectivity index (χ3v) is 6.04. The van der Waals surface area contributed by atoms with Gasteiger partial charge in [0.25, 0.3) is 0 Å². The van der Waals surface area contributed by atoms with Crippen LogP contribution in [0, 0.1) is 11.8 Å². The average molecular weight is 417 g/mol. The van der Waals surface area contributed by atoms with Gasteiger partial charge >= 0.3 is 0 Å². The van der Waals surface area contributed by atoms with Crippen molar-refractivity contribution in [2.45, 2.75) is 45.4 Å². The van der Waals surface area contributed by atoms with Gasteiger partial charge in [-0.25, -0.2) is 0 Å². The van der Waals surface area contributed by atoms with Crippen LogP contribution in [-0.4, -0.2) is 18.8 Å². The van der Waals surface area contributed by atoms with E-state index in [1.54, 1.807) is 0 Å². The molecule has 0 aliphatic heterocycles. The van der Waals surface area contributed by atoms with E-state index < -0.39 is 0 Å². The first kappa shape index (κ1) is 21.8. The Morgan fingerprint density at radius 3 is 1.58 bits per heavy atom. The maximum atomic E-state index is 6.47. The lowest BCUT2D eigenvalue weighted by atomic mass is 10.1. The summed E-state index contributed by atoms with van der Waals surface area (Å²) in [6.45, 7) is 4.79. The quantitative estimate of drug-likeness (QED) is 0.404. The highest BCUT2D eigenvalue weighted by atomic mass is 16.5. The summed E-state index contributed by atoms with van der Waals surface area (Å²) in [5.74, 6) is 0.748. The number of hydrogen-bond donors (Lipinski definition) is 0. The van der Waals surface area contributed by atoms with Crippen LogP contribution in [0.5, 0.6) is 0 Å². The molecule has 0 radical (unpaired) electrons. The van der Waals surface area contributed by atoms with E-state index >= 15 is 0 Å². The van der Waals surface area contributed by atoms with E-state index in [0.29, 0.717) is 38.3 Å². The Morgan fingerprint density at radius 1 is 0.613 bits per heavy atom. The number of hydrogen-bond acceptors (Lipinski definition) is 3. The maximum Gasteiger partial charge on any atom is 0.0894 e. The smallest absolute Gasteiger partial charge is 0.0894 e. The van der Waals surface area contributed by atoms with Crippen molar-refractivity contribution in [1.82, 2.24) is 0 Å². The van der Waals surface area contributed by atoms with Crippen molar-refractivity contribution < 1.29 is 14.2 Å². The van der Waals surface area contributed by atoms with Gasteiger partial charge in [0.2, 0.25) is 0 Å². The summed E-state index contributed by atoms with van der Waals surface area (Å²) >= 11 is 0. The molecule has 4 atom stereocenters. The van der Waals surface area contributed by atoms with Gasteiger partial charge in [0.05, 0.1) is 38.6 Å². The van der Waals surface area contributed by atoms with E-state index in [-0.39, 0.29) is 12.2 Å². The molecule has 162 valence electrons. The highest BCUT2D eigenvalue weighted by molar-refractivity contribution is 5.15. The molecule has 3 heteroatoms. The lowest BCUT2D eigenvalue weighted by molar-refractivity contribution is -0.103. The molecule has 1 unspecified atom stereocenters. The Bertz CT molecular complexity index is 882. The van der Waals surface area contributed by atoms with Gasteiger partial charge < -0.3 is 14.2 Å². The summed E-state index contributed by atoms with van der Waals surface area (Å²) < 4.78 is 19.0. The van der Waals surface area contributed by atoms with Crippen LogP contribution in [0.2, 0.25) is 0 Å². The topological polar surface area (TPSA) is 27.7 Å². The highest BCUT2D eigenvalue weighted by Crippen LogP contribution is 2.37. The van der Waals surface area contributed by atoms with Crippen LogP contribution in [0.15, 0.2) is 91.0 Å². The van der Waals surface area contributed by atoms with Crippen LogP contribution in [0.3, 0.4) is 0 Å². The molecule has 0 N–H and O–H groups in total. The van der Waals surface area contributed by atoms with Gasteiger partial charge in [0, 0.05) is 5.92 Å². The summed E-state index contributed by atoms with van der Waals surface area (Å²) in [6, 6.07) is 31.1. The van der Waals surface area contributed by atoms with Gasteiger partial charge in [-0.2, -0.15) is 0 Å². The zero-order valence-electron chi connectivity index (χ0n) is 18.2. The molecule has 0 amide bonds. The Labute approximate surface area is 186 Å². The van der Waals surface area contributed by atoms with Crippen molar-refractivity contribution in [2.75, 3.05) is 6.61 Å². The summed E-state index contributed by atoms with van der Waals surface area (Å²) in [4.78, 5) is 0. The molecule has 3 aromatic carbocycles. The van der Waals surface area contributed by atoms with Crippen LogP contribution < -0.4 is 0 Å². The Morgan fingerprint density at radius 2 is 1.06 bits per heavy atom. The summed E-state index contributed by atoms with van der Waals surface area (Å²) in [5.41, 5.74) is 3.58. The second-order valence-corrected chi connectivity index (χ2v) is 8.50. The minimum atomic E-state index is 0.0229. The van der Waals surface area contributed by atoms with Crippen LogP contribution in [-0.2, 0) is 34.0 Å². The molecule has 0 bridgehead atoms. The lowest BCUT2D eigenvalue weighted by Crippen LogP contribution is -2.34. The molecule has 1 fully saturated rings. The Balaban J connectivity index is 1.39. The predicted octanol–water partition coefficient (Wildman–Crippen LogP) is 6.03. The molecule has 3 aromatic rings. The summed E-state index contributed by atoms with van der Waals surface area (Å²) in [6.07, 6.45) is 1.14. The predicted molar refractivity (Wildman–Crippen MR) is 123 cm³/mol. The molecule has 31 heavy (non-hydrogen) atoms. The highest BCUT2D eigenvalue weighted by Gasteiger charge is 2.42. The van der Waals surface area contributed by atoms with Gasteiger partial charge in [-0.05, 0) is 29.0 Å². The van der Waals surface area contributed by atoms with Crippen molar-refractivity contribution in [3.8, 4) is 0 Å². The first-order chi connectivity index (χ1) is 15.3. The Kier molecular flexibility index (Phi) is 7.89. The molecule has 0 spiro atoms. The number of benzene rings is 3. The van der Waals surface area contributed by atoms with E-state index in [9.17, 15) is 0 Å². The molecule has 0 saturated heterocycles. The minimum Gasteiger partial charge on any atom is -0.376 e. The van der Waals surface area contributed by atoms with Crippen LogP contribution in [0.4, 0.5) is 0 Å². The third-order valence-electron chi connectivity index (χ3n) is 6.04. The van der Waals surface area contributed by atoms with Crippen molar-refractivity contribution >= 4 is 0 Å². The second kappa shape index (κ2) is 11.2. The van der Waals surface area contributed by atoms with Gasteiger partial charge in [-0.1, -0.05) is 97.9 Å². The molecule has 1 aliphatic carbocycles. The molecular weight excluding hydrogens is 384 g/mol. The first-order valence-electron chi connectivity index (χ1n) is 11.2. The fourth-order valence-corrected chi connectivity index (χ4v) is 4.43. The molecular formula is C28H32O3. The van der Waals surface area contributed by atoms with Gasteiger partial charge in [-0.15, -0.1) is 0 Å². The van der Waals surface area contributed by atoms with Crippen molar-refractivity contribution in [3.63, 3.8) is 0 Å². The standard InChI is InChI=1S/C28H32O3/c1-22-17-26(21-29-18-23-11-5-2-6-12-23)28(31-20-25-15-9-4-10-16-25)27(22)30-19-24-13-7-3-8-14-24/h2-16,22,26-28H,17-21H2,1H3/t22-,26+,27?,28+/m0/s1. The van der Waals surface area contributed by atoms with Crippen molar-refractivity contribution in [2.24, 2.45) is 11.8 Å². The maximum absolute atomic E-state index is 6.47. The number of ether oxygens (including phenoxy) is 3. The van der Waals surface area contributed by atoms with Gasteiger partial charge in [-0.3, -0.25) is 0 Å². The van der Waals surface area contributed by atoms with E-state index in [1.807, 2.05) is 18.2 Å². The molecule has 0 aromatic heterocycles. The average Bonchev–Trinajstić information content (AvgIpc) is 3.12. The zero-order valence-corrected chi connectivity index (χ0v) is 18.2. The van der Waals surface area contributed by atoms with Gasteiger partial charge in [0.1, 0.15) is 0 Å². The number of rotatable bonds is 10. The van der Waals surface area contributed by atoms with Crippen molar-refractivity contribution in [3.05, 3.63) is 108 Å². The normalized spacial score (nSPS) is 23.1. The summed E-state index contributed by atoms with van der Waals surface area (Å²) in [5, 5.41) is 0. The van der Waals surface area contributed by atoms with E-state index in [0.717, 1.165) is 6.42 Å². The first-order valence-corrected chi connectivity index (χ1v) is 11.2. The van der Waals surface area contributed by atoms with Gasteiger partial charge in [0.15, 0.2) is 0 Å². The van der Waals surface area contributed by atoms with E-state index in [2.05, 4.69) is 79.7 Å². The zero-order chi connectivity index (χ0) is 21.3. The van der Waals surface area contributed by atoms with Crippen molar-refractivity contribution in [1.29, 1.82) is 0 Å². The molecule has 1 aliphatic rings. The minimum absolute atomic E-state index is 0.0229. The Hall–Kier alpha value is -2.46. The van der Waals surface area contributed by atoms with Crippen LogP contribution in [0.1, 0.15) is 30.0 Å². The lowest BCUT2D eigenvalue weighted by Gasteiger charge is -2.27. The fraction of sp³-hybridized carbons (Fsp3) is 0.357. The largest absolute Gasteiger partial charge is 0.376 e. The fourth-order valence-electron chi connectivity index (χ4n) is 4.43. The second-order valence-electron chi connectivity index (χ2n) is 8.50. The van der Waals surface area contributed by atoms with Crippen LogP contribution >= 0.6 is 0 Å². The monoisotopic (exact) mass is 416 g/mol. The molecule has 3 nitrogen and oxygen atoms in total. The van der Waals surface area contributed by atoms with Crippen LogP contribution in [0.25, 0.3) is 0 Å². The summed E-state index contributed by atoms with van der Waals surface area (Å²) in [7, 11) is 0. The molecule has 4 rings (SSSR count). The van der Waals surface area contributed by atoms with E-state index in [1.165, 1.54) is 16.7 Å². The SMILES string of the molecule is C[C@H]1C[C@H](COCc2ccccc2)[C@@H](OCc2ccccc2)C1OCc1ccccc1. The molecule has 0 heterocycles. The third kappa shape index (κ3) is 6.27. The molecule has 1 saturated carbocycles. The van der Waals surface area contributed by atoms with E-state index in [4.69, 9.17) is 14.2 Å².